The van der Waals surface area contributed by atoms with Crippen molar-refractivity contribution < 1.29 is 18.7 Å². The molecule has 0 bridgehead atoms. The van der Waals surface area contributed by atoms with E-state index >= 15 is 0 Å². The van der Waals surface area contributed by atoms with Crippen LogP contribution in [0, 0.1) is 6.92 Å². The van der Waals surface area contributed by atoms with E-state index in [9.17, 15) is 4.79 Å². The van der Waals surface area contributed by atoms with Crippen molar-refractivity contribution in [3.8, 4) is 23.0 Å². The predicted molar refractivity (Wildman–Crippen MR) is 139 cm³/mol. The van der Waals surface area contributed by atoms with Crippen molar-refractivity contribution >= 4 is 17.3 Å². The molecule has 1 aliphatic heterocycles. The lowest BCUT2D eigenvalue weighted by Gasteiger charge is -2.23. The Morgan fingerprint density at radius 2 is 1.64 bits per heavy atom. The Morgan fingerprint density at radius 3 is 2.39 bits per heavy atom. The summed E-state index contributed by atoms with van der Waals surface area (Å²) in [5, 5.41) is 0. The van der Waals surface area contributed by atoms with E-state index in [1.54, 1.807) is 19.1 Å². The molecule has 0 saturated carbocycles. The number of amides is 1. The number of methoxy groups -OCH3 is 2. The van der Waals surface area contributed by atoms with Gasteiger partial charge in [0.25, 0.3) is 5.91 Å². The Kier molecular flexibility index (Phi) is 6.29. The highest BCUT2D eigenvalue weighted by molar-refractivity contribution is 6.20. The zero-order valence-corrected chi connectivity index (χ0v) is 20.7. The topological polar surface area (TPSA) is 77.2 Å². The number of carbonyl (C=O) groups is 1. The van der Waals surface area contributed by atoms with Crippen LogP contribution in [0.3, 0.4) is 0 Å². The lowest BCUT2D eigenvalue weighted by atomic mass is 10.00. The van der Waals surface area contributed by atoms with Gasteiger partial charge in [-0.15, -0.1) is 0 Å². The number of benzene rings is 3. The minimum absolute atomic E-state index is 0.0940. The van der Waals surface area contributed by atoms with Gasteiger partial charge in [0, 0.05) is 16.7 Å². The second kappa shape index (κ2) is 9.70. The van der Waals surface area contributed by atoms with Crippen LogP contribution in [0.15, 0.2) is 82.2 Å². The molecule has 0 spiro atoms. The third kappa shape index (κ3) is 4.24. The fourth-order valence-corrected chi connectivity index (χ4v) is 4.38. The van der Waals surface area contributed by atoms with E-state index < -0.39 is 6.04 Å². The van der Waals surface area contributed by atoms with Crippen LogP contribution in [-0.2, 0) is 11.3 Å². The molecule has 2 heterocycles. The number of hydrogen-bond donors (Lipinski definition) is 0. The molecule has 4 aromatic rings. The SMILES string of the molecule is COc1ccc(-c2nc(CN3C(=O)C(C)N=C(c4ccccc4)c4ccccc43)c(C)o2)cc1OC. The maximum absolute atomic E-state index is 13.6. The zero-order valence-electron chi connectivity index (χ0n) is 20.7. The van der Waals surface area contributed by atoms with E-state index in [2.05, 4.69) is 0 Å². The van der Waals surface area contributed by atoms with E-state index in [4.69, 9.17) is 23.9 Å². The van der Waals surface area contributed by atoms with Crippen LogP contribution >= 0.6 is 0 Å². The molecule has 1 aromatic heterocycles. The molecule has 1 unspecified atom stereocenters. The Labute approximate surface area is 210 Å². The van der Waals surface area contributed by atoms with Crippen molar-refractivity contribution in [2.24, 2.45) is 4.99 Å². The van der Waals surface area contributed by atoms with Gasteiger partial charge in [-0.25, -0.2) is 4.98 Å². The van der Waals surface area contributed by atoms with Gasteiger partial charge >= 0.3 is 0 Å². The van der Waals surface area contributed by atoms with Crippen LogP contribution in [0.2, 0.25) is 0 Å². The lowest BCUT2D eigenvalue weighted by molar-refractivity contribution is -0.119. The Morgan fingerprint density at radius 1 is 0.917 bits per heavy atom. The van der Waals surface area contributed by atoms with Crippen molar-refractivity contribution in [2.75, 3.05) is 19.1 Å². The van der Waals surface area contributed by atoms with Crippen molar-refractivity contribution in [3.05, 3.63) is 95.4 Å². The van der Waals surface area contributed by atoms with Crippen molar-refractivity contribution in [3.63, 3.8) is 0 Å². The third-order valence-corrected chi connectivity index (χ3v) is 6.27. The number of para-hydroxylation sites is 1. The van der Waals surface area contributed by atoms with Gasteiger partial charge in [-0.1, -0.05) is 48.5 Å². The second-order valence-electron chi connectivity index (χ2n) is 8.55. The van der Waals surface area contributed by atoms with Gasteiger partial charge in [-0.2, -0.15) is 0 Å². The van der Waals surface area contributed by atoms with E-state index in [1.807, 2.05) is 86.6 Å². The first-order valence-electron chi connectivity index (χ1n) is 11.7. The molecule has 3 aromatic carbocycles. The smallest absolute Gasteiger partial charge is 0.251 e. The van der Waals surface area contributed by atoms with E-state index in [-0.39, 0.29) is 12.5 Å². The number of anilines is 1. The van der Waals surface area contributed by atoms with Crippen LogP contribution in [0.25, 0.3) is 11.5 Å². The molecule has 1 atom stereocenters. The van der Waals surface area contributed by atoms with Crippen molar-refractivity contribution in [1.82, 2.24) is 4.98 Å². The predicted octanol–water partition coefficient (Wildman–Crippen LogP) is 5.44. The van der Waals surface area contributed by atoms with Crippen molar-refractivity contribution in [1.29, 1.82) is 0 Å². The number of aliphatic imine (C=N–C) groups is 1. The van der Waals surface area contributed by atoms with Crippen LogP contribution < -0.4 is 14.4 Å². The lowest BCUT2D eigenvalue weighted by Crippen LogP contribution is -2.36. The number of hydrogen-bond acceptors (Lipinski definition) is 6. The van der Waals surface area contributed by atoms with Crippen LogP contribution in [0.1, 0.15) is 29.5 Å². The number of carbonyl (C=O) groups excluding carboxylic acids is 1. The minimum Gasteiger partial charge on any atom is -0.493 e. The van der Waals surface area contributed by atoms with Gasteiger partial charge in [0.15, 0.2) is 11.5 Å². The van der Waals surface area contributed by atoms with Crippen LogP contribution in [0.5, 0.6) is 11.5 Å². The third-order valence-electron chi connectivity index (χ3n) is 6.27. The zero-order chi connectivity index (χ0) is 25.2. The summed E-state index contributed by atoms with van der Waals surface area (Å²) in [6, 6.07) is 22.8. The van der Waals surface area contributed by atoms with E-state index in [0.717, 1.165) is 28.1 Å². The number of aryl methyl sites for hydroxylation is 1. The summed E-state index contributed by atoms with van der Waals surface area (Å²) in [6.07, 6.45) is 0. The second-order valence-corrected chi connectivity index (χ2v) is 8.55. The Hall–Kier alpha value is -4.39. The molecule has 5 rings (SSSR count). The highest BCUT2D eigenvalue weighted by atomic mass is 16.5. The quantitative estimate of drug-likeness (QED) is 0.367. The summed E-state index contributed by atoms with van der Waals surface area (Å²) in [5.74, 6) is 2.21. The molecule has 1 aliphatic rings. The molecule has 7 heteroatoms. The number of benzodiazepines with no additional fused rings is 1. The number of ether oxygens (including phenoxy) is 2. The van der Waals surface area contributed by atoms with Crippen LogP contribution in [-0.4, -0.2) is 36.9 Å². The fraction of sp³-hybridized carbons (Fsp3) is 0.207. The molecule has 1 amide bonds. The van der Waals surface area contributed by atoms with Crippen LogP contribution in [0.4, 0.5) is 5.69 Å². The van der Waals surface area contributed by atoms with Gasteiger partial charge in [0.2, 0.25) is 5.89 Å². The van der Waals surface area contributed by atoms with Gasteiger partial charge in [0.05, 0.1) is 32.2 Å². The minimum atomic E-state index is -0.551. The molecule has 36 heavy (non-hydrogen) atoms. The number of nitrogens with zero attached hydrogens (tertiary/aromatic N) is 3. The van der Waals surface area contributed by atoms with Crippen molar-refractivity contribution in [2.45, 2.75) is 26.4 Å². The first-order valence-corrected chi connectivity index (χ1v) is 11.7. The van der Waals surface area contributed by atoms with Gasteiger partial charge in [-0.05, 0) is 38.1 Å². The highest BCUT2D eigenvalue weighted by Crippen LogP contribution is 2.34. The average Bonchev–Trinajstić information content (AvgIpc) is 3.25. The normalized spacial score (nSPS) is 15.2. The van der Waals surface area contributed by atoms with E-state index in [1.165, 1.54) is 0 Å². The maximum atomic E-state index is 13.6. The molecule has 0 saturated heterocycles. The summed E-state index contributed by atoms with van der Waals surface area (Å²) in [6.45, 7) is 3.95. The fourth-order valence-electron chi connectivity index (χ4n) is 4.38. The summed E-state index contributed by atoms with van der Waals surface area (Å²) < 4.78 is 16.8. The first kappa shape index (κ1) is 23.4. The largest absolute Gasteiger partial charge is 0.493 e. The van der Waals surface area contributed by atoms with Gasteiger partial charge in [-0.3, -0.25) is 9.79 Å². The molecule has 0 N–H and O–H groups in total. The highest BCUT2D eigenvalue weighted by Gasteiger charge is 2.31. The summed E-state index contributed by atoms with van der Waals surface area (Å²) in [5.41, 5.74) is 4.91. The molecular formula is C29H27N3O4. The van der Waals surface area contributed by atoms with E-state index in [0.29, 0.717) is 28.8 Å². The number of fused-ring (bicyclic) bond motifs is 1. The molecular weight excluding hydrogens is 454 g/mol. The summed E-state index contributed by atoms with van der Waals surface area (Å²) >= 11 is 0. The molecule has 0 fully saturated rings. The first-order chi connectivity index (χ1) is 17.5. The maximum Gasteiger partial charge on any atom is 0.251 e. The monoisotopic (exact) mass is 481 g/mol. The average molecular weight is 482 g/mol. The number of aromatic nitrogens is 1. The van der Waals surface area contributed by atoms with Gasteiger partial charge < -0.3 is 18.8 Å². The molecule has 0 aliphatic carbocycles. The molecule has 182 valence electrons. The molecule has 0 radical (unpaired) electrons. The van der Waals surface area contributed by atoms with Gasteiger partial charge in [0.1, 0.15) is 17.5 Å². The standard InChI is InChI=1S/C29H27N3O4/c1-18-29(33)32(24-13-9-8-12-22(24)27(30-18)20-10-6-5-7-11-20)17-23-19(2)36-28(31-23)21-14-15-25(34-3)26(16-21)35-4/h5-16,18H,17H2,1-4H3. The summed E-state index contributed by atoms with van der Waals surface area (Å²) in [7, 11) is 3.18. The number of oxazole rings is 1. The Balaban J connectivity index is 1.53. The Bertz CT molecular complexity index is 1440. The molecule has 7 nitrogen and oxygen atoms in total. The number of rotatable bonds is 6. The summed E-state index contributed by atoms with van der Waals surface area (Å²) in [4.78, 5) is 24.9.